The summed E-state index contributed by atoms with van der Waals surface area (Å²) in [5.74, 6) is 0. The molecule has 0 bridgehead atoms. The number of amides is 1. The van der Waals surface area contributed by atoms with Gasteiger partial charge in [-0.05, 0) is 18.6 Å². The van der Waals surface area contributed by atoms with Crippen LogP contribution >= 0.6 is 0 Å². The summed E-state index contributed by atoms with van der Waals surface area (Å²) in [6.07, 6.45) is 0.308. The third-order valence-corrected chi connectivity index (χ3v) is 2.43. The maximum Gasteiger partial charge on any atom is 0.407 e. The molecule has 0 radical (unpaired) electrons. The van der Waals surface area contributed by atoms with Crippen molar-refractivity contribution < 1.29 is 9.53 Å². The highest BCUT2D eigenvalue weighted by atomic mass is 16.6. The lowest BCUT2D eigenvalue weighted by Gasteiger charge is -2.06. The van der Waals surface area contributed by atoms with Crippen LogP contribution in [-0.2, 0) is 11.2 Å². The lowest BCUT2D eigenvalue weighted by atomic mass is 10.1. The molecule has 80 valence electrons. The molecule has 2 rings (SSSR count). The predicted molar refractivity (Wildman–Crippen MR) is 53.7 cm³/mol. The molecule has 0 spiro atoms. The Morgan fingerprint density at radius 2 is 2.27 bits per heavy atom. The van der Waals surface area contributed by atoms with E-state index in [-0.39, 0.29) is 18.2 Å². The number of H-pyrrole nitrogens is 1. The second kappa shape index (κ2) is 3.76. The molecule has 1 saturated heterocycles. The van der Waals surface area contributed by atoms with Gasteiger partial charge in [0.1, 0.15) is 6.61 Å². The third kappa shape index (κ3) is 1.86. The van der Waals surface area contributed by atoms with Crippen LogP contribution in [0.5, 0.6) is 0 Å². The van der Waals surface area contributed by atoms with Crippen molar-refractivity contribution in [2.24, 2.45) is 0 Å². The highest BCUT2D eigenvalue weighted by Gasteiger charge is 2.25. The second-order valence-electron chi connectivity index (χ2n) is 3.42. The monoisotopic (exact) mass is 208 g/mol. The van der Waals surface area contributed by atoms with E-state index in [4.69, 9.17) is 4.74 Å². The van der Waals surface area contributed by atoms with Crippen molar-refractivity contribution in [3.8, 4) is 0 Å². The first-order chi connectivity index (χ1) is 7.20. The number of rotatable bonds is 2. The van der Waals surface area contributed by atoms with Gasteiger partial charge in [-0.25, -0.2) is 4.79 Å². The molecule has 1 fully saturated rings. The van der Waals surface area contributed by atoms with Gasteiger partial charge in [0.2, 0.25) is 0 Å². The molecule has 5 nitrogen and oxygen atoms in total. The first-order valence-electron chi connectivity index (χ1n) is 4.86. The van der Waals surface area contributed by atoms with Crippen LogP contribution in [0.3, 0.4) is 0 Å². The minimum atomic E-state index is -0.473. The van der Waals surface area contributed by atoms with Crippen molar-refractivity contribution in [2.45, 2.75) is 19.4 Å². The summed E-state index contributed by atoms with van der Waals surface area (Å²) in [5.41, 5.74) is 1.26. The molecular formula is C10H12N2O3. The predicted octanol–water partition coefficient (Wildman–Crippen LogP) is 0.718. The zero-order valence-corrected chi connectivity index (χ0v) is 8.37. The van der Waals surface area contributed by atoms with E-state index in [1.165, 1.54) is 0 Å². The summed E-state index contributed by atoms with van der Waals surface area (Å²) in [6, 6.07) is 3.26. The average Bonchev–Trinajstić information content (AvgIpc) is 2.64. The fraction of sp³-hybridized carbons (Fsp3) is 0.400. The first-order valence-corrected chi connectivity index (χ1v) is 4.86. The molecule has 5 heteroatoms. The van der Waals surface area contributed by atoms with Crippen LogP contribution in [0.4, 0.5) is 4.79 Å². The van der Waals surface area contributed by atoms with Crippen LogP contribution in [-0.4, -0.2) is 17.7 Å². The summed E-state index contributed by atoms with van der Waals surface area (Å²) < 4.78 is 4.73. The maximum absolute atomic E-state index is 11.6. The number of aryl methyl sites for hydroxylation is 1. The standard InChI is InChI=1S/C10H12N2O3/c1-2-6-3-4-7(9(13)11-6)8-5-15-10(14)12-8/h3-4,8H,2,5H2,1H3,(H,11,13)(H,12,14)/t8-/m1/s1. The number of hydrogen-bond acceptors (Lipinski definition) is 3. The molecule has 0 aliphatic carbocycles. The van der Waals surface area contributed by atoms with E-state index < -0.39 is 6.09 Å². The van der Waals surface area contributed by atoms with Crippen LogP contribution in [0.25, 0.3) is 0 Å². The van der Waals surface area contributed by atoms with Crippen molar-refractivity contribution in [3.63, 3.8) is 0 Å². The van der Waals surface area contributed by atoms with Crippen LogP contribution in [0.15, 0.2) is 16.9 Å². The topological polar surface area (TPSA) is 71.2 Å². The molecule has 0 aromatic carbocycles. The van der Waals surface area contributed by atoms with Crippen molar-refractivity contribution >= 4 is 6.09 Å². The molecule has 0 saturated carbocycles. The Morgan fingerprint density at radius 3 is 2.80 bits per heavy atom. The molecule has 2 N–H and O–H groups in total. The number of carbonyl (C=O) groups excluding carboxylic acids is 1. The number of aromatic nitrogens is 1. The van der Waals surface area contributed by atoms with Gasteiger partial charge >= 0.3 is 6.09 Å². The molecule has 1 atom stereocenters. The molecule has 0 unspecified atom stereocenters. The smallest absolute Gasteiger partial charge is 0.407 e. The summed E-state index contributed by atoms with van der Waals surface area (Å²) >= 11 is 0. The highest BCUT2D eigenvalue weighted by molar-refractivity contribution is 5.70. The fourth-order valence-electron chi connectivity index (χ4n) is 1.56. The Balaban J connectivity index is 2.29. The first kappa shape index (κ1) is 9.76. The molecule has 1 aliphatic rings. The maximum atomic E-state index is 11.6. The Morgan fingerprint density at radius 1 is 1.47 bits per heavy atom. The molecule has 1 aromatic heterocycles. The van der Waals surface area contributed by atoms with E-state index in [0.717, 1.165) is 12.1 Å². The van der Waals surface area contributed by atoms with Crippen LogP contribution < -0.4 is 10.9 Å². The van der Waals surface area contributed by atoms with Gasteiger partial charge in [0.25, 0.3) is 5.56 Å². The largest absolute Gasteiger partial charge is 0.447 e. The Kier molecular flexibility index (Phi) is 2.45. The van der Waals surface area contributed by atoms with E-state index in [1.54, 1.807) is 6.07 Å². The fourth-order valence-corrected chi connectivity index (χ4v) is 1.56. The third-order valence-electron chi connectivity index (χ3n) is 2.43. The Labute approximate surface area is 86.5 Å². The molecule has 15 heavy (non-hydrogen) atoms. The number of carbonyl (C=O) groups is 1. The molecular weight excluding hydrogens is 196 g/mol. The summed E-state index contributed by atoms with van der Waals surface area (Å²) in [4.78, 5) is 25.2. The average molecular weight is 208 g/mol. The van der Waals surface area contributed by atoms with Gasteiger partial charge in [-0.15, -0.1) is 0 Å². The summed E-state index contributed by atoms with van der Waals surface area (Å²) in [5, 5.41) is 2.57. The van der Waals surface area contributed by atoms with Crippen LogP contribution in [0, 0.1) is 0 Å². The summed E-state index contributed by atoms with van der Waals surface area (Å²) in [7, 11) is 0. The Hall–Kier alpha value is -1.78. The van der Waals surface area contributed by atoms with Gasteiger partial charge in [0, 0.05) is 11.3 Å². The minimum absolute atomic E-state index is 0.162. The Bertz CT molecular complexity index is 439. The number of ether oxygens (including phenoxy) is 1. The minimum Gasteiger partial charge on any atom is -0.447 e. The van der Waals surface area contributed by atoms with E-state index in [1.807, 2.05) is 13.0 Å². The van der Waals surface area contributed by atoms with E-state index >= 15 is 0 Å². The van der Waals surface area contributed by atoms with Gasteiger partial charge in [-0.1, -0.05) is 6.92 Å². The van der Waals surface area contributed by atoms with Crippen molar-refractivity contribution in [1.29, 1.82) is 0 Å². The van der Waals surface area contributed by atoms with Crippen LogP contribution in [0.2, 0.25) is 0 Å². The number of aromatic amines is 1. The molecule has 1 aliphatic heterocycles. The van der Waals surface area contributed by atoms with E-state index in [0.29, 0.717) is 5.56 Å². The van der Waals surface area contributed by atoms with Crippen LogP contribution in [0.1, 0.15) is 24.2 Å². The number of hydrogen-bond donors (Lipinski definition) is 2. The van der Waals surface area contributed by atoms with Gasteiger partial charge in [0.05, 0.1) is 6.04 Å². The van der Waals surface area contributed by atoms with Gasteiger partial charge < -0.3 is 15.0 Å². The van der Waals surface area contributed by atoms with Crippen molar-refractivity contribution in [3.05, 3.63) is 33.7 Å². The lowest BCUT2D eigenvalue weighted by Crippen LogP contribution is -2.25. The highest BCUT2D eigenvalue weighted by Crippen LogP contribution is 2.14. The number of nitrogens with one attached hydrogen (secondary N) is 2. The van der Waals surface area contributed by atoms with Crippen molar-refractivity contribution in [2.75, 3.05) is 6.61 Å². The van der Waals surface area contributed by atoms with Crippen molar-refractivity contribution in [1.82, 2.24) is 10.3 Å². The van der Waals surface area contributed by atoms with Gasteiger partial charge in [-0.3, -0.25) is 4.79 Å². The molecule has 1 aromatic rings. The lowest BCUT2D eigenvalue weighted by molar-refractivity contribution is 0.177. The van der Waals surface area contributed by atoms with Gasteiger partial charge in [0.15, 0.2) is 0 Å². The van der Waals surface area contributed by atoms with E-state index in [2.05, 4.69) is 10.3 Å². The number of cyclic esters (lactones) is 1. The number of pyridine rings is 1. The SMILES string of the molecule is CCc1ccc([C@H]2COC(=O)N2)c(=O)[nH]1. The quantitative estimate of drug-likeness (QED) is 0.752. The molecule has 2 heterocycles. The zero-order valence-electron chi connectivity index (χ0n) is 8.37. The second-order valence-corrected chi connectivity index (χ2v) is 3.42. The number of alkyl carbamates (subject to hydrolysis) is 1. The van der Waals surface area contributed by atoms with E-state index in [9.17, 15) is 9.59 Å². The zero-order chi connectivity index (χ0) is 10.8. The van der Waals surface area contributed by atoms with Gasteiger partial charge in [-0.2, -0.15) is 0 Å². The normalized spacial score (nSPS) is 19.8. The molecule has 1 amide bonds. The summed E-state index contributed by atoms with van der Waals surface area (Å²) in [6.45, 7) is 2.18.